The Morgan fingerprint density at radius 2 is 1.75 bits per heavy atom. The molecule has 32 heavy (non-hydrogen) atoms. The third-order valence-electron chi connectivity index (χ3n) is 5.58. The summed E-state index contributed by atoms with van der Waals surface area (Å²) >= 11 is 0. The molecule has 2 heterocycles. The van der Waals surface area contributed by atoms with Crippen molar-refractivity contribution in [3.63, 3.8) is 0 Å². The first-order valence-electron chi connectivity index (χ1n) is 10.7. The van der Waals surface area contributed by atoms with Crippen LogP contribution < -0.4 is 0 Å². The number of hydrogen-bond acceptors (Lipinski definition) is 5. The molecule has 0 bridgehead atoms. The fraction of sp³-hybridized carbons (Fsp3) is 0.375. The zero-order valence-electron chi connectivity index (χ0n) is 18.5. The first kappa shape index (κ1) is 22.4. The molecule has 0 aliphatic carbocycles. The van der Waals surface area contributed by atoms with Crippen LogP contribution in [0.3, 0.4) is 0 Å². The fourth-order valence-corrected chi connectivity index (χ4v) is 5.96. The number of hydrogen-bond donors (Lipinski definition) is 1. The summed E-state index contributed by atoms with van der Waals surface area (Å²) in [5.41, 5.74) is 1.28. The van der Waals surface area contributed by atoms with Crippen molar-refractivity contribution in [2.75, 3.05) is 13.2 Å². The number of benzene rings is 2. The number of carbonyl (C=O) groups excluding carboxylic acids is 1. The summed E-state index contributed by atoms with van der Waals surface area (Å²) in [6, 6.07) is 15.0. The van der Waals surface area contributed by atoms with E-state index in [9.17, 15) is 18.3 Å². The molecule has 1 aliphatic rings. The van der Waals surface area contributed by atoms with Crippen LogP contribution in [-0.2, 0) is 21.2 Å². The molecule has 0 spiro atoms. The number of aliphatic hydroxyl groups is 1. The number of carbonyl (C=O) groups is 1. The third kappa shape index (κ3) is 3.89. The van der Waals surface area contributed by atoms with E-state index in [1.54, 1.807) is 68.1 Å². The summed E-state index contributed by atoms with van der Waals surface area (Å²) < 4.78 is 34.6. The predicted molar refractivity (Wildman–Crippen MR) is 122 cm³/mol. The van der Waals surface area contributed by atoms with E-state index >= 15 is 0 Å². The van der Waals surface area contributed by atoms with Crippen LogP contribution in [0.5, 0.6) is 0 Å². The van der Waals surface area contributed by atoms with Crippen LogP contribution in [0.25, 0.3) is 10.9 Å². The van der Waals surface area contributed by atoms with Gasteiger partial charge in [0, 0.05) is 18.5 Å². The standard InChI is InChI=1S/C24H28N2O5S/c1-24(2,3)31-23(28)25-15-13-19-18-11-7-8-12-20(18)26(22(19)21(25)14-16-27)32(29,30)17-9-5-4-6-10-17/h4-12,21,27H,13-16H2,1-3H3. The van der Waals surface area contributed by atoms with Crippen LogP contribution in [0.4, 0.5) is 4.79 Å². The second kappa shape index (κ2) is 8.26. The second-order valence-electron chi connectivity index (χ2n) is 8.92. The highest BCUT2D eigenvalue weighted by Gasteiger charge is 2.39. The summed E-state index contributed by atoms with van der Waals surface area (Å²) in [5.74, 6) is 0. The Morgan fingerprint density at radius 3 is 2.41 bits per heavy atom. The van der Waals surface area contributed by atoms with Crippen LogP contribution >= 0.6 is 0 Å². The van der Waals surface area contributed by atoms with Crippen LogP contribution in [0.2, 0.25) is 0 Å². The Labute approximate surface area is 188 Å². The van der Waals surface area contributed by atoms with Gasteiger partial charge in [0.15, 0.2) is 0 Å². The van der Waals surface area contributed by atoms with Gasteiger partial charge in [-0.2, -0.15) is 0 Å². The SMILES string of the molecule is CC(C)(C)OC(=O)N1CCc2c(n(S(=O)(=O)c3ccccc3)c3ccccc23)C1CCO. The summed E-state index contributed by atoms with van der Waals surface area (Å²) in [5, 5.41) is 10.7. The number of fused-ring (bicyclic) bond motifs is 3. The highest BCUT2D eigenvalue weighted by molar-refractivity contribution is 7.90. The molecule has 7 nitrogen and oxygen atoms in total. The number of ether oxygens (including phenoxy) is 1. The molecular formula is C24H28N2O5S. The number of nitrogens with zero attached hydrogens (tertiary/aromatic N) is 2. The second-order valence-corrected chi connectivity index (χ2v) is 10.7. The number of amides is 1. The maximum atomic E-state index is 13.8. The van der Waals surface area contributed by atoms with E-state index in [0.29, 0.717) is 24.2 Å². The van der Waals surface area contributed by atoms with E-state index in [-0.39, 0.29) is 17.9 Å². The molecule has 1 amide bonds. The molecule has 1 unspecified atom stereocenters. The number of para-hydroxylation sites is 1. The molecule has 1 aromatic heterocycles. The molecule has 1 aliphatic heterocycles. The monoisotopic (exact) mass is 456 g/mol. The first-order chi connectivity index (χ1) is 15.1. The molecule has 1 N–H and O–H groups in total. The maximum absolute atomic E-state index is 13.8. The molecule has 170 valence electrons. The Morgan fingerprint density at radius 1 is 1.09 bits per heavy atom. The van der Waals surface area contributed by atoms with E-state index in [2.05, 4.69) is 0 Å². The van der Waals surface area contributed by atoms with Crippen LogP contribution in [0.15, 0.2) is 59.5 Å². The van der Waals surface area contributed by atoms with Crippen molar-refractivity contribution in [1.82, 2.24) is 8.87 Å². The van der Waals surface area contributed by atoms with Gasteiger partial charge < -0.3 is 9.84 Å². The predicted octanol–water partition coefficient (Wildman–Crippen LogP) is 4.10. The average molecular weight is 457 g/mol. The van der Waals surface area contributed by atoms with Crippen LogP contribution in [-0.4, -0.2) is 47.2 Å². The lowest BCUT2D eigenvalue weighted by molar-refractivity contribution is 0.0110. The Bertz CT molecular complexity index is 1240. The molecule has 0 radical (unpaired) electrons. The van der Waals surface area contributed by atoms with Gasteiger partial charge in [0.1, 0.15) is 5.60 Å². The van der Waals surface area contributed by atoms with Gasteiger partial charge in [-0.05, 0) is 57.4 Å². The van der Waals surface area contributed by atoms with Gasteiger partial charge in [0.25, 0.3) is 10.0 Å². The topological polar surface area (TPSA) is 88.8 Å². The van der Waals surface area contributed by atoms with Crippen molar-refractivity contribution in [3.05, 3.63) is 65.9 Å². The normalized spacial score (nSPS) is 16.8. The number of aromatic nitrogens is 1. The largest absolute Gasteiger partial charge is 0.444 e. The molecule has 8 heteroatoms. The van der Waals surface area contributed by atoms with Crippen LogP contribution in [0, 0.1) is 0 Å². The summed E-state index contributed by atoms with van der Waals surface area (Å²) in [6.07, 6.45) is 0.178. The molecule has 0 fully saturated rings. The Balaban J connectivity index is 1.95. The van der Waals surface area contributed by atoms with Gasteiger partial charge in [0.2, 0.25) is 0 Å². The van der Waals surface area contributed by atoms with Crippen molar-refractivity contribution in [3.8, 4) is 0 Å². The molecular weight excluding hydrogens is 428 g/mol. The van der Waals surface area contributed by atoms with Gasteiger partial charge in [0.05, 0.1) is 22.1 Å². The Hall–Kier alpha value is -2.84. The van der Waals surface area contributed by atoms with Crippen molar-refractivity contribution in [2.45, 2.75) is 50.2 Å². The van der Waals surface area contributed by atoms with Crippen molar-refractivity contribution in [1.29, 1.82) is 0 Å². The number of aliphatic hydroxyl groups excluding tert-OH is 1. The minimum atomic E-state index is -3.94. The fourth-order valence-electron chi connectivity index (χ4n) is 4.34. The quantitative estimate of drug-likeness (QED) is 0.639. The number of rotatable bonds is 4. The van der Waals surface area contributed by atoms with Gasteiger partial charge >= 0.3 is 6.09 Å². The van der Waals surface area contributed by atoms with Crippen molar-refractivity contribution >= 4 is 27.0 Å². The van der Waals surface area contributed by atoms with E-state index in [1.165, 1.54) is 3.97 Å². The third-order valence-corrected chi connectivity index (χ3v) is 7.32. The lowest BCUT2D eigenvalue weighted by atomic mass is 9.96. The minimum Gasteiger partial charge on any atom is -0.444 e. The van der Waals surface area contributed by atoms with Crippen molar-refractivity contribution < 1.29 is 23.1 Å². The van der Waals surface area contributed by atoms with E-state index in [0.717, 1.165) is 10.9 Å². The summed E-state index contributed by atoms with van der Waals surface area (Å²) in [4.78, 5) is 14.7. The van der Waals surface area contributed by atoms with Gasteiger partial charge in [-0.25, -0.2) is 17.2 Å². The Kier molecular flexibility index (Phi) is 5.77. The van der Waals surface area contributed by atoms with Gasteiger partial charge in [-0.3, -0.25) is 4.90 Å². The highest BCUT2D eigenvalue weighted by Crippen LogP contribution is 2.41. The van der Waals surface area contributed by atoms with Gasteiger partial charge in [-0.15, -0.1) is 0 Å². The van der Waals surface area contributed by atoms with Crippen LogP contribution in [0.1, 0.15) is 44.5 Å². The highest BCUT2D eigenvalue weighted by atomic mass is 32.2. The van der Waals surface area contributed by atoms with E-state index in [4.69, 9.17) is 4.74 Å². The zero-order valence-corrected chi connectivity index (χ0v) is 19.3. The molecule has 3 aromatic rings. The maximum Gasteiger partial charge on any atom is 0.410 e. The van der Waals surface area contributed by atoms with E-state index < -0.39 is 27.8 Å². The lowest BCUT2D eigenvalue weighted by Gasteiger charge is -2.37. The molecule has 0 saturated heterocycles. The summed E-state index contributed by atoms with van der Waals surface area (Å²) in [6.45, 7) is 5.55. The minimum absolute atomic E-state index is 0.167. The molecule has 2 aromatic carbocycles. The molecule has 0 saturated carbocycles. The molecule has 1 atom stereocenters. The van der Waals surface area contributed by atoms with Crippen molar-refractivity contribution in [2.24, 2.45) is 0 Å². The first-order valence-corrected chi connectivity index (χ1v) is 12.1. The average Bonchev–Trinajstić information content (AvgIpc) is 3.09. The smallest absolute Gasteiger partial charge is 0.410 e. The molecule has 4 rings (SSSR count). The van der Waals surface area contributed by atoms with E-state index in [1.807, 2.05) is 12.1 Å². The summed E-state index contributed by atoms with van der Waals surface area (Å²) in [7, 11) is -3.94. The van der Waals surface area contributed by atoms with Gasteiger partial charge in [-0.1, -0.05) is 36.4 Å². The zero-order chi connectivity index (χ0) is 23.1. The lowest BCUT2D eigenvalue weighted by Crippen LogP contribution is -2.44.